The number of hydrogen-bond acceptors (Lipinski definition) is 4. The molecule has 0 saturated heterocycles. The van der Waals surface area contributed by atoms with E-state index in [1.807, 2.05) is 13.8 Å². The summed E-state index contributed by atoms with van der Waals surface area (Å²) in [4.78, 5) is 24.5. The third-order valence-electron chi connectivity index (χ3n) is 2.71. The fourth-order valence-corrected chi connectivity index (χ4v) is 1.67. The van der Waals surface area contributed by atoms with E-state index in [0.717, 1.165) is 0 Å². The highest BCUT2D eigenvalue weighted by molar-refractivity contribution is 5.95. The standard InChI is InChI=1S/C12H18N2O4/c1-7(2)5-9(12(16)17)14(4)11(15)10-8(3)6-13-18-10/h6-7,9H,5H2,1-4H3,(H,16,17). The number of aromatic nitrogens is 1. The van der Waals surface area contributed by atoms with Gasteiger partial charge in [0.05, 0.1) is 6.20 Å². The van der Waals surface area contributed by atoms with Crippen molar-refractivity contribution >= 4 is 11.9 Å². The lowest BCUT2D eigenvalue weighted by Gasteiger charge is -2.25. The quantitative estimate of drug-likeness (QED) is 0.861. The summed E-state index contributed by atoms with van der Waals surface area (Å²) in [6.45, 7) is 5.51. The molecule has 1 atom stereocenters. The first kappa shape index (κ1) is 14.2. The zero-order valence-corrected chi connectivity index (χ0v) is 11.0. The Hall–Kier alpha value is -1.85. The summed E-state index contributed by atoms with van der Waals surface area (Å²) in [5.41, 5.74) is 0.598. The minimum Gasteiger partial charge on any atom is -0.480 e. The molecule has 1 unspecified atom stereocenters. The van der Waals surface area contributed by atoms with E-state index in [9.17, 15) is 9.59 Å². The van der Waals surface area contributed by atoms with Crippen LogP contribution in [-0.2, 0) is 4.79 Å². The molecule has 0 bridgehead atoms. The van der Waals surface area contributed by atoms with E-state index in [1.54, 1.807) is 6.92 Å². The Morgan fingerprint density at radius 2 is 2.11 bits per heavy atom. The smallest absolute Gasteiger partial charge is 0.326 e. The van der Waals surface area contributed by atoms with Gasteiger partial charge in [-0.3, -0.25) is 4.79 Å². The fraction of sp³-hybridized carbons (Fsp3) is 0.583. The van der Waals surface area contributed by atoms with Gasteiger partial charge in [-0.05, 0) is 19.3 Å². The second-order valence-corrected chi connectivity index (χ2v) is 4.74. The van der Waals surface area contributed by atoms with E-state index >= 15 is 0 Å². The maximum absolute atomic E-state index is 12.1. The van der Waals surface area contributed by atoms with Crippen LogP contribution in [0.5, 0.6) is 0 Å². The van der Waals surface area contributed by atoms with Crippen molar-refractivity contribution in [1.82, 2.24) is 10.1 Å². The second kappa shape index (κ2) is 5.66. The van der Waals surface area contributed by atoms with Crippen LogP contribution in [0.3, 0.4) is 0 Å². The molecule has 6 heteroatoms. The van der Waals surface area contributed by atoms with Crippen LogP contribution in [0.1, 0.15) is 36.4 Å². The Bertz CT molecular complexity index is 439. The predicted molar refractivity (Wildman–Crippen MR) is 64.2 cm³/mol. The summed E-state index contributed by atoms with van der Waals surface area (Å²) in [6.07, 6.45) is 1.82. The normalized spacial score (nSPS) is 12.5. The summed E-state index contributed by atoms with van der Waals surface area (Å²) in [6, 6.07) is -0.859. The van der Waals surface area contributed by atoms with Gasteiger partial charge < -0.3 is 14.5 Å². The number of hydrogen-bond donors (Lipinski definition) is 1. The number of carbonyl (C=O) groups excluding carboxylic acids is 1. The number of carbonyl (C=O) groups is 2. The molecule has 1 aromatic heterocycles. The molecule has 6 nitrogen and oxygen atoms in total. The molecular formula is C12H18N2O4. The van der Waals surface area contributed by atoms with Crippen molar-refractivity contribution < 1.29 is 19.2 Å². The van der Waals surface area contributed by atoms with Crippen molar-refractivity contribution in [2.45, 2.75) is 33.2 Å². The maximum atomic E-state index is 12.1. The van der Waals surface area contributed by atoms with E-state index in [1.165, 1.54) is 18.1 Å². The van der Waals surface area contributed by atoms with Crippen LogP contribution >= 0.6 is 0 Å². The van der Waals surface area contributed by atoms with Crippen LogP contribution in [0.15, 0.2) is 10.7 Å². The number of nitrogens with zero attached hydrogens (tertiary/aromatic N) is 2. The first-order valence-electron chi connectivity index (χ1n) is 5.75. The number of carboxylic acid groups (broad SMARTS) is 1. The molecule has 1 N–H and O–H groups in total. The third kappa shape index (κ3) is 3.09. The molecule has 0 radical (unpaired) electrons. The van der Waals surface area contributed by atoms with Gasteiger partial charge in [0.25, 0.3) is 5.91 Å². The van der Waals surface area contributed by atoms with Crippen molar-refractivity contribution in [3.05, 3.63) is 17.5 Å². The van der Waals surface area contributed by atoms with Crippen molar-refractivity contribution in [2.24, 2.45) is 5.92 Å². The summed E-state index contributed by atoms with van der Waals surface area (Å²) < 4.78 is 4.85. The molecule has 0 aliphatic heterocycles. The number of rotatable bonds is 5. The van der Waals surface area contributed by atoms with Crippen LogP contribution in [0.2, 0.25) is 0 Å². The monoisotopic (exact) mass is 254 g/mol. The van der Waals surface area contributed by atoms with Gasteiger partial charge in [-0.1, -0.05) is 19.0 Å². The van der Waals surface area contributed by atoms with Crippen LogP contribution in [0.25, 0.3) is 0 Å². The zero-order chi connectivity index (χ0) is 13.9. The largest absolute Gasteiger partial charge is 0.480 e. The average molecular weight is 254 g/mol. The fourth-order valence-electron chi connectivity index (χ4n) is 1.67. The lowest BCUT2D eigenvalue weighted by Crippen LogP contribution is -2.43. The highest BCUT2D eigenvalue weighted by Crippen LogP contribution is 2.15. The SMILES string of the molecule is Cc1cnoc1C(=O)N(C)C(CC(C)C)C(=O)O. The molecule has 18 heavy (non-hydrogen) atoms. The molecule has 0 aromatic carbocycles. The summed E-state index contributed by atoms with van der Waals surface area (Å²) in [7, 11) is 1.46. The molecule has 100 valence electrons. The van der Waals surface area contributed by atoms with Crippen LogP contribution < -0.4 is 0 Å². The molecule has 1 heterocycles. The lowest BCUT2D eigenvalue weighted by molar-refractivity contribution is -0.142. The van der Waals surface area contributed by atoms with E-state index in [0.29, 0.717) is 12.0 Å². The molecule has 1 rings (SSSR count). The Morgan fingerprint density at radius 1 is 1.50 bits per heavy atom. The molecule has 0 aliphatic carbocycles. The Balaban J connectivity index is 2.90. The van der Waals surface area contributed by atoms with Gasteiger partial charge >= 0.3 is 5.97 Å². The van der Waals surface area contributed by atoms with E-state index in [4.69, 9.17) is 9.63 Å². The van der Waals surface area contributed by atoms with Gasteiger partial charge in [0.2, 0.25) is 5.76 Å². The molecule has 0 aliphatic rings. The number of likely N-dealkylation sites (N-methyl/N-ethyl adjacent to an activating group) is 1. The molecule has 0 saturated carbocycles. The lowest BCUT2D eigenvalue weighted by atomic mass is 10.0. The number of aryl methyl sites for hydroxylation is 1. The molecule has 0 spiro atoms. The topological polar surface area (TPSA) is 83.6 Å². The summed E-state index contributed by atoms with van der Waals surface area (Å²) in [5, 5.41) is 12.7. The summed E-state index contributed by atoms with van der Waals surface area (Å²) >= 11 is 0. The molecule has 1 aromatic rings. The first-order chi connectivity index (χ1) is 8.34. The highest BCUT2D eigenvalue weighted by Gasteiger charge is 2.30. The van der Waals surface area contributed by atoms with Crippen molar-refractivity contribution in [2.75, 3.05) is 7.05 Å². The van der Waals surface area contributed by atoms with Gasteiger partial charge in [0.1, 0.15) is 6.04 Å². The Labute approximate surface area is 106 Å². The van der Waals surface area contributed by atoms with Gasteiger partial charge in [0.15, 0.2) is 0 Å². The highest BCUT2D eigenvalue weighted by atomic mass is 16.5. The van der Waals surface area contributed by atoms with Gasteiger partial charge in [-0.2, -0.15) is 0 Å². The maximum Gasteiger partial charge on any atom is 0.326 e. The number of carboxylic acids is 1. The Morgan fingerprint density at radius 3 is 2.50 bits per heavy atom. The zero-order valence-electron chi connectivity index (χ0n) is 11.0. The van der Waals surface area contributed by atoms with Crippen LogP contribution in [-0.4, -0.2) is 40.1 Å². The average Bonchev–Trinajstić information content (AvgIpc) is 2.69. The first-order valence-corrected chi connectivity index (χ1v) is 5.75. The van der Waals surface area contributed by atoms with Gasteiger partial charge in [0, 0.05) is 12.6 Å². The van der Waals surface area contributed by atoms with Gasteiger partial charge in [-0.25, -0.2) is 4.79 Å². The van der Waals surface area contributed by atoms with E-state index in [-0.39, 0.29) is 11.7 Å². The van der Waals surface area contributed by atoms with Crippen molar-refractivity contribution in [3.8, 4) is 0 Å². The second-order valence-electron chi connectivity index (χ2n) is 4.74. The minimum absolute atomic E-state index is 0.0903. The van der Waals surface area contributed by atoms with Crippen LogP contribution in [0.4, 0.5) is 0 Å². The number of amides is 1. The van der Waals surface area contributed by atoms with Crippen molar-refractivity contribution in [1.29, 1.82) is 0 Å². The Kier molecular flexibility index (Phi) is 4.47. The third-order valence-corrected chi connectivity index (χ3v) is 2.71. The van der Waals surface area contributed by atoms with Crippen molar-refractivity contribution in [3.63, 3.8) is 0 Å². The van der Waals surface area contributed by atoms with Gasteiger partial charge in [-0.15, -0.1) is 0 Å². The summed E-state index contributed by atoms with van der Waals surface area (Å²) in [5.74, 6) is -1.21. The van der Waals surface area contributed by atoms with E-state index in [2.05, 4.69) is 5.16 Å². The minimum atomic E-state index is -1.02. The molecule has 1 amide bonds. The predicted octanol–water partition coefficient (Wildman–Crippen LogP) is 1.55. The van der Waals surface area contributed by atoms with E-state index < -0.39 is 17.9 Å². The molecule has 0 fully saturated rings. The van der Waals surface area contributed by atoms with Crippen LogP contribution in [0, 0.1) is 12.8 Å². The number of aliphatic carboxylic acids is 1. The molecular weight excluding hydrogens is 236 g/mol.